The Labute approximate surface area is 82.4 Å². The van der Waals surface area contributed by atoms with Gasteiger partial charge in [-0.05, 0) is 6.92 Å². The van der Waals surface area contributed by atoms with Crippen LogP contribution in [0.15, 0.2) is 12.2 Å². The molecule has 0 saturated heterocycles. The van der Waals surface area contributed by atoms with Gasteiger partial charge in [0.05, 0.1) is 0 Å². The largest absolute Gasteiger partial charge is 0.357 e. The summed E-state index contributed by atoms with van der Waals surface area (Å²) in [6.45, 7) is 5.90. The zero-order chi connectivity index (χ0) is 11.6. The van der Waals surface area contributed by atoms with Crippen molar-refractivity contribution in [1.29, 1.82) is 0 Å². The lowest BCUT2D eigenvalue weighted by Crippen LogP contribution is -2.53. The topological polar surface area (TPSA) is 104 Å². The fourth-order valence-corrected chi connectivity index (χ4v) is 1.21. The third kappa shape index (κ3) is 2.79. The van der Waals surface area contributed by atoms with Gasteiger partial charge in [-0.1, -0.05) is 13.5 Å². The summed E-state index contributed by atoms with van der Waals surface area (Å²) >= 11 is 0. The standard InChI is InChI=1S/C7H13NO5S/c1-4-7(10,14(11,12)13)8-6(9)5(2)3/h10H,2,4H2,1,3H3,(H,8,9)(H,11,12,13). The lowest BCUT2D eigenvalue weighted by Gasteiger charge is -2.24. The molecule has 82 valence electrons. The Morgan fingerprint density at radius 3 is 2.21 bits per heavy atom. The number of nitrogens with one attached hydrogen (secondary N) is 1. The molecule has 0 aromatic heterocycles. The maximum absolute atomic E-state index is 11.0. The van der Waals surface area contributed by atoms with Crippen molar-refractivity contribution < 1.29 is 22.9 Å². The summed E-state index contributed by atoms with van der Waals surface area (Å²) in [5, 5.41) is 8.48. The van der Waals surface area contributed by atoms with Crippen LogP contribution in [0.4, 0.5) is 0 Å². The maximum Gasteiger partial charge on any atom is 0.315 e. The van der Waals surface area contributed by atoms with Crippen LogP contribution in [0.2, 0.25) is 0 Å². The molecule has 0 aliphatic carbocycles. The molecule has 0 aliphatic rings. The Morgan fingerprint density at radius 2 is 2.00 bits per heavy atom. The number of hydrogen-bond acceptors (Lipinski definition) is 4. The van der Waals surface area contributed by atoms with Gasteiger partial charge in [0, 0.05) is 12.0 Å². The van der Waals surface area contributed by atoms with Crippen molar-refractivity contribution in [3.8, 4) is 0 Å². The second kappa shape index (κ2) is 4.07. The van der Waals surface area contributed by atoms with Crippen LogP contribution < -0.4 is 5.32 Å². The van der Waals surface area contributed by atoms with E-state index in [9.17, 15) is 18.3 Å². The van der Waals surface area contributed by atoms with Gasteiger partial charge in [-0.15, -0.1) is 0 Å². The van der Waals surface area contributed by atoms with Crippen LogP contribution in [-0.4, -0.2) is 29.0 Å². The van der Waals surface area contributed by atoms with Gasteiger partial charge in [-0.3, -0.25) is 9.35 Å². The Morgan fingerprint density at radius 1 is 1.57 bits per heavy atom. The molecular formula is C7H13NO5S. The predicted molar refractivity (Wildman–Crippen MR) is 49.7 cm³/mol. The number of rotatable bonds is 4. The monoisotopic (exact) mass is 223 g/mol. The number of carbonyl (C=O) groups is 1. The van der Waals surface area contributed by atoms with Crippen LogP contribution in [0.5, 0.6) is 0 Å². The molecule has 0 aromatic carbocycles. The smallest absolute Gasteiger partial charge is 0.315 e. The summed E-state index contributed by atoms with van der Waals surface area (Å²) in [4.78, 5) is 11.0. The van der Waals surface area contributed by atoms with Crippen molar-refractivity contribution in [2.75, 3.05) is 0 Å². The SMILES string of the molecule is C=C(C)C(=O)NC(O)(CC)S(=O)(=O)O. The maximum atomic E-state index is 11.0. The molecule has 1 amide bonds. The van der Waals surface area contributed by atoms with E-state index in [-0.39, 0.29) is 12.0 Å². The highest BCUT2D eigenvalue weighted by Gasteiger charge is 2.40. The first-order valence-corrected chi connectivity index (χ1v) is 5.25. The molecule has 3 N–H and O–H groups in total. The number of carbonyl (C=O) groups excluding carboxylic acids is 1. The minimum Gasteiger partial charge on any atom is -0.357 e. The van der Waals surface area contributed by atoms with E-state index < -0.39 is 21.1 Å². The molecule has 0 aromatic rings. The van der Waals surface area contributed by atoms with Crippen LogP contribution >= 0.6 is 0 Å². The molecule has 6 nitrogen and oxygen atoms in total. The Bertz CT molecular complexity index is 347. The van der Waals surface area contributed by atoms with Gasteiger partial charge in [0.2, 0.25) is 5.91 Å². The van der Waals surface area contributed by atoms with Gasteiger partial charge in [0.1, 0.15) is 0 Å². The summed E-state index contributed by atoms with van der Waals surface area (Å²) < 4.78 is 30.1. The van der Waals surface area contributed by atoms with Crippen molar-refractivity contribution in [3.05, 3.63) is 12.2 Å². The van der Waals surface area contributed by atoms with E-state index in [1.165, 1.54) is 13.8 Å². The fourth-order valence-electron chi connectivity index (χ4n) is 0.619. The van der Waals surface area contributed by atoms with Crippen LogP contribution in [0.3, 0.4) is 0 Å². The first-order valence-electron chi connectivity index (χ1n) is 3.81. The molecule has 0 spiro atoms. The molecule has 1 atom stereocenters. The second-order valence-corrected chi connectivity index (χ2v) is 4.47. The highest BCUT2D eigenvalue weighted by molar-refractivity contribution is 7.87. The average molecular weight is 223 g/mol. The van der Waals surface area contributed by atoms with Crippen LogP contribution in [0.25, 0.3) is 0 Å². The molecule has 1 unspecified atom stereocenters. The quantitative estimate of drug-likeness (QED) is 0.342. The normalized spacial score (nSPS) is 15.7. The average Bonchev–Trinajstić information content (AvgIpc) is 2.01. The lowest BCUT2D eigenvalue weighted by molar-refractivity contribution is -0.121. The molecule has 0 saturated carbocycles. The summed E-state index contributed by atoms with van der Waals surface area (Å²) in [6.07, 6.45) is -0.370. The number of hydrogen-bond donors (Lipinski definition) is 3. The summed E-state index contributed by atoms with van der Waals surface area (Å²) in [5.41, 5.74) is 0.0283. The van der Waals surface area contributed by atoms with Gasteiger partial charge >= 0.3 is 10.1 Å². The van der Waals surface area contributed by atoms with E-state index in [4.69, 9.17) is 4.55 Å². The van der Waals surface area contributed by atoms with Gasteiger partial charge in [-0.25, -0.2) is 0 Å². The third-order valence-corrected chi connectivity index (χ3v) is 2.85. The van der Waals surface area contributed by atoms with Crippen molar-refractivity contribution in [2.45, 2.75) is 25.3 Å². The van der Waals surface area contributed by atoms with Crippen molar-refractivity contribution in [3.63, 3.8) is 0 Å². The van der Waals surface area contributed by atoms with Crippen LogP contribution in [-0.2, 0) is 14.9 Å². The van der Waals surface area contributed by atoms with Gasteiger partial charge in [0.25, 0.3) is 5.06 Å². The zero-order valence-corrected chi connectivity index (χ0v) is 8.76. The first-order chi connectivity index (χ1) is 6.14. The minimum absolute atomic E-state index is 0.0283. The molecule has 0 heterocycles. The van der Waals surface area contributed by atoms with Crippen molar-refractivity contribution in [2.24, 2.45) is 0 Å². The van der Waals surface area contributed by atoms with E-state index in [0.717, 1.165) is 0 Å². The molecule has 0 radical (unpaired) electrons. The van der Waals surface area contributed by atoms with E-state index in [2.05, 4.69) is 6.58 Å². The summed E-state index contributed by atoms with van der Waals surface area (Å²) in [6, 6.07) is 0. The summed E-state index contributed by atoms with van der Waals surface area (Å²) in [7, 11) is -4.76. The van der Waals surface area contributed by atoms with E-state index in [0.29, 0.717) is 0 Å². The minimum atomic E-state index is -4.76. The van der Waals surface area contributed by atoms with Gasteiger partial charge in [0.15, 0.2) is 0 Å². The summed E-state index contributed by atoms with van der Waals surface area (Å²) in [5.74, 6) is -0.841. The molecule has 0 aliphatic heterocycles. The van der Waals surface area contributed by atoms with E-state index in [1.54, 1.807) is 5.32 Å². The fraction of sp³-hybridized carbons (Fsp3) is 0.571. The molecule has 0 bridgehead atoms. The van der Waals surface area contributed by atoms with Gasteiger partial charge < -0.3 is 10.4 Å². The predicted octanol–water partition coefficient (Wildman–Crippen LogP) is -0.377. The van der Waals surface area contributed by atoms with E-state index in [1.807, 2.05) is 0 Å². The van der Waals surface area contributed by atoms with Crippen molar-refractivity contribution >= 4 is 16.0 Å². The Kier molecular flexibility index (Phi) is 3.81. The zero-order valence-electron chi connectivity index (χ0n) is 7.94. The van der Waals surface area contributed by atoms with Crippen molar-refractivity contribution in [1.82, 2.24) is 5.32 Å². The lowest BCUT2D eigenvalue weighted by atomic mass is 10.3. The first kappa shape index (κ1) is 13.1. The highest BCUT2D eigenvalue weighted by Crippen LogP contribution is 2.13. The molecule has 14 heavy (non-hydrogen) atoms. The molecule has 0 fully saturated rings. The Balaban J connectivity index is 4.93. The molecule has 7 heteroatoms. The third-order valence-electron chi connectivity index (χ3n) is 1.60. The molecule has 0 rings (SSSR count). The van der Waals surface area contributed by atoms with E-state index >= 15 is 0 Å². The molecular weight excluding hydrogens is 210 g/mol. The highest BCUT2D eigenvalue weighted by atomic mass is 32.2. The number of amides is 1. The van der Waals surface area contributed by atoms with Gasteiger partial charge in [-0.2, -0.15) is 8.42 Å². The van der Waals surface area contributed by atoms with Crippen LogP contribution in [0, 0.1) is 0 Å². The second-order valence-electron chi connectivity index (χ2n) is 2.85. The Hall–Kier alpha value is -0.920. The number of aliphatic hydroxyl groups is 1. The van der Waals surface area contributed by atoms with Crippen LogP contribution in [0.1, 0.15) is 20.3 Å².